The molecule has 2 amide bonds. The van der Waals surface area contributed by atoms with E-state index in [0.717, 1.165) is 13.0 Å². The second kappa shape index (κ2) is 9.27. The Labute approximate surface area is 132 Å². The number of guanidine groups is 1. The minimum atomic E-state index is 0.0264. The quantitative estimate of drug-likeness (QED) is 0.479. The predicted molar refractivity (Wildman–Crippen MR) is 87.7 cm³/mol. The van der Waals surface area contributed by atoms with Crippen LogP contribution in [0.15, 0.2) is 4.99 Å². The van der Waals surface area contributed by atoms with Crippen molar-refractivity contribution in [3.8, 4) is 0 Å². The largest absolute Gasteiger partial charge is 0.356 e. The van der Waals surface area contributed by atoms with E-state index in [1.807, 2.05) is 25.7 Å². The summed E-state index contributed by atoms with van der Waals surface area (Å²) < 4.78 is 0. The molecule has 0 bridgehead atoms. The fraction of sp³-hybridized carbons (Fsp3) is 0.800. The van der Waals surface area contributed by atoms with Gasteiger partial charge in [-0.1, -0.05) is 6.92 Å². The van der Waals surface area contributed by atoms with Gasteiger partial charge in [-0.25, -0.2) is 0 Å². The molecule has 1 rings (SSSR count). The number of aliphatic imine (C=N–C) groups is 1. The molecule has 0 saturated carbocycles. The average Bonchev–Trinajstić information content (AvgIpc) is 2.93. The second-order valence-corrected chi connectivity index (χ2v) is 5.79. The standard InChI is InChI=1S/C15H29N5O2/c1-5-14(22)20-9-7-12(10-20)19-15(16-4)17-8-6-13(21)18-11(2)3/h11-12H,5-10H2,1-4H3,(H,18,21)(H2,16,17,19). The molecule has 1 atom stereocenters. The van der Waals surface area contributed by atoms with Crippen LogP contribution in [-0.4, -0.2) is 61.4 Å². The number of likely N-dealkylation sites (tertiary alicyclic amines) is 1. The molecule has 3 N–H and O–H groups in total. The Morgan fingerprint density at radius 1 is 1.36 bits per heavy atom. The molecule has 7 nitrogen and oxygen atoms in total. The van der Waals surface area contributed by atoms with Gasteiger partial charge in [0.25, 0.3) is 0 Å². The monoisotopic (exact) mass is 311 g/mol. The molecule has 1 fully saturated rings. The molecule has 22 heavy (non-hydrogen) atoms. The first-order chi connectivity index (χ1) is 10.5. The molecular formula is C15H29N5O2. The Hall–Kier alpha value is -1.79. The number of carbonyl (C=O) groups is 2. The first kappa shape index (κ1) is 18.3. The van der Waals surface area contributed by atoms with Crippen molar-refractivity contribution < 1.29 is 9.59 Å². The molecule has 126 valence electrons. The summed E-state index contributed by atoms with van der Waals surface area (Å²) in [5, 5.41) is 9.28. The predicted octanol–water partition coefficient (Wildman–Crippen LogP) is 0.0770. The molecule has 0 aromatic heterocycles. The number of rotatable bonds is 6. The van der Waals surface area contributed by atoms with Gasteiger partial charge in [-0.15, -0.1) is 0 Å². The third kappa shape index (κ3) is 6.32. The molecule has 1 heterocycles. The maximum Gasteiger partial charge on any atom is 0.222 e. The van der Waals surface area contributed by atoms with Crippen LogP contribution in [0.3, 0.4) is 0 Å². The van der Waals surface area contributed by atoms with Crippen molar-refractivity contribution in [3.63, 3.8) is 0 Å². The highest BCUT2D eigenvalue weighted by molar-refractivity contribution is 5.82. The van der Waals surface area contributed by atoms with Crippen molar-refractivity contribution in [1.29, 1.82) is 0 Å². The molecule has 7 heteroatoms. The van der Waals surface area contributed by atoms with Gasteiger partial charge < -0.3 is 20.9 Å². The average molecular weight is 311 g/mol. The molecule has 0 aliphatic carbocycles. The lowest BCUT2D eigenvalue weighted by Crippen LogP contribution is -2.46. The zero-order valence-corrected chi connectivity index (χ0v) is 14.1. The fourth-order valence-electron chi connectivity index (χ4n) is 2.40. The Bertz CT molecular complexity index is 409. The van der Waals surface area contributed by atoms with Crippen LogP contribution in [0.2, 0.25) is 0 Å². The van der Waals surface area contributed by atoms with Crippen LogP contribution in [0, 0.1) is 0 Å². The van der Waals surface area contributed by atoms with Crippen molar-refractivity contribution in [3.05, 3.63) is 0 Å². The van der Waals surface area contributed by atoms with Crippen molar-refractivity contribution in [2.75, 3.05) is 26.7 Å². The summed E-state index contributed by atoms with van der Waals surface area (Å²) in [4.78, 5) is 29.3. The van der Waals surface area contributed by atoms with Gasteiger partial charge in [-0.3, -0.25) is 14.6 Å². The first-order valence-electron chi connectivity index (χ1n) is 8.00. The van der Waals surface area contributed by atoms with E-state index < -0.39 is 0 Å². The number of amides is 2. The molecule has 0 spiro atoms. The first-order valence-corrected chi connectivity index (χ1v) is 8.00. The van der Waals surface area contributed by atoms with Gasteiger partial charge in [0.15, 0.2) is 5.96 Å². The van der Waals surface area contributed by atoms with E-state index >= 15 is 0 Å². The summed E-state index contributed by atoms with van der Waals surface area (Å²) in [6.07, 6.45) is 1.87. The van der Waals surface area contributed by atoms with Gasteiger partial charge in [0, 0.05) is 51.6 Å². The molecule has 0 aromatic carbocycles. The van der Waals surface area contributed by atoms with Gasteiger partial charge in [0.1, 0.15) is 0 Å². The lowest BCUT2D eigenvalue weighted by atomic mass is 10.3. The number of hydrogen-bond acceptors (Lipinski definition) is 3. The summed E-state index contributed by atoms with van der Waals surface area (Å²) in [5.41, 5.74) is 0. The van der Waals surface area contributed by atoms with Crippen LogP contribution in [-0.2, 0) is 9.59 Å². The summed E-state index contributed by atoms with van der Waals surface area (Å²) in [5.74, 6) is 0.893. The molecule has 0 radical (unpaired) electrons. The lowest BCUT2D eigenvalue weighted by Gasteiger charge is -2.18. The Balaban J connectivity index is 2.29. The van der Waals surface area contributed by atoms with E-state index in [-0.39, 0.29) is 23.9 Å². The Morgan fingerprint density at radius 2 is 2.09 bits per heavy atom. The van der Waals surface area contributed by atoms with Gasteiger partial charge in [0.2, 0.25) is 11.8 Å². The van der Waals surface area contributed by atoms with E-state index in [1.54, 1.807) is 7.05 Å². The van der Waals surface area contributed by atoms with Crippen molar-refractivity contribution in [1.82, 2.24) is 20.9 Å². The summed E-state index contributed by atoms with van der Waals surface area (Å²) in [6.45, 7) is 7.79. The van der Waals surface area contributed by atoms with Crippen LogP contribution < -0.4 is 16.0 Å². The topological polar surface area (TPSA) is 85.8 Å². The zero-order chi connectivity index (χ0) is 16.5. The van der Waals surface area contributed by atoms with Crippen LogP contribution >= 0.6 is 0 Å². The Kier molecular flexibility index (Phi) is 7.70. The molecule has 1 aliphatic heterocycles. The number of nitrogens with zero attached hydrogens (tertiary/aromatic N) is 2. The summed E-state index contributed by atoms with van der Waals surface area (Å²) >= 11 is 0. The van der Waals surface area contributed by atoms with Crippen LogP contribution in [0.1, 0.15) is 40.0 Å². The van der Waals surface area contributed by atoms with Gasteiger partial charge in [-0.2, -0.15) is 0 Å². The second-order valence-electron chi connectivity index (χ2n) is 5.79. The van der Waals surface area contributed by atoms with Gasteiger partial charge >= 0.3 is 0 Å². The molecule has 0 aromatic rings. The highest BCUT2D eigenvalue weighted by atomic mass is 16.2. The van der Waals surface area contributed by atoms with Gasteiger partial charge in [-0.05, 0) is 20.3 Å². The smallest absolute Gasteiger partial charge is 0.222 e. The number of hydrogen-bond donors (Lipinski definition) is 3. The van der Waals surface area contributed by atoms with Crippen LogP contribution in [0.5, 0.6) is 0 Å². The maximum atomic E-state index is 11.7. The highest BCUT2D eigenvalue weighted by Gasteiger charge is 2.25. The number of carbonyl (C=O) groups excluding carboxylic acids is 2. The fourth-order valence-corrected chi connectivity index (χ4v) is 2.40. The van der Waals surface area contributed by atoms with Crippen molar-refractivity contribution in [2.24, 2.45) is 4.99 Å². The molecule has 1 unspecified atom stereocenters. The van der Waals surface area contributed by atoms with Crippen LogP contribution in [0.4, 0.5) is 0 Å². The number of nitrogens with one attached hydrogen (secondary N) is 3. The van der Waals surface area contributed by atoms with Crippen molar-refractivity contribution >= 4 is 17.8 Å². The minimum absolute atomic E-state index is 0.0264. The van der Waals surface area contributed by atoms with Crippen molar-refractivity contribution in [2.45, 2.75) is 52.1 Å². The summed E-state index contributed by atoms with van der Waals surface area (Å²) in [6, 6.07) is 0.372. The van der Waals surface area contributed by atoms with E-state index in [0.29, 0.717) is 31.9 Å². The zero-order valence-electron chi connectivity index (χ0n) is 14.1. The lowest BCUT2D eigenvalue weighted by molar-refractivity contribution is -0.129. The molecule has 1 aliphatic rings. The molecule has 1 saturated heterocycles. The Morgan fingerprint density at radius 3 is 2.68 bits per heavy atom. The minimum Gasteiger partial charge on any atom is -0.356 e. The van der Waals surface area contributed by atoms with E-state index in [2.05, 4.69) is 20.9 Å². The van der Waals surface area contributed by atoms with E-state index in [9.17, 15) is 9.59 Å². The SMILES string of the molecule is CCC(=O)N1CCC(NC(=NC)NCCC(=O)NC(C)C)C1. The third-order valence-electron chi connectivity index (χ3n) is 3.50. The van der Waals surface area contributed by atoms with Gasteiger partial charge in [0.05, 0.1) is 0 Å². The van der Waals surface area contributed by atoms with E-state index in [4.69, 9.17) is 0 Å². The third-order valence-corrected chi connectivity index (χ3v) is 3.50. The maximum absolute atomic E-state index is 11.7. The summed E-state index contributed by atoms with van der Waals surface area (Å²) in [7, 11) is 1.70. The normalized spacial score (nSPS) is 18.5. The molecular weight excluding hydrogens is 282 g/mol. The van der Waals surface area contributed by atoms with E-state index in [1.165, 1.54) is 0 Å². The highest BCUT2D eigenvalue weighted by Crippen LogP contribution is 2.10. The van der Waals surface area contributed by atoms with Crippen LogP contribution in [0.25, 0.3) is 0 Å².